The molecule has 0 saturated carbocycles. The third kappa shape index (κ3) is 3.28. The normalized spacial score (nSPS) is 14.3. The molecule has 1 aromatic heterocycles. The molecule has 5 heteroatoms. The molecule has 82 valence electrons. The Labute approximate surface area is 89.1 Å². The van der Waals surface area contributed by atoms with Gasteiger partial charge in [-0.3, -0.25) is 4.79 Å². The molecule has 0 aliphatic rings. The first-order valence-electron chi connectivity index (χ1n) is 4.88. The summed E-state index contributed by atoms with van der Waals surface area (Å²) < 4.78 is 0. The molecule has 3 N–H and O–H groups in total. The van der Waals surface area contributed by atoms with E-state index in [-0.39, 0.29) is 5.91 Å². The van der Waals surface area contributed by atoms with Gasteiger partial charge in [-0.2, -0.15) is 0 Å². The summed E-state index contributed by atoms with van der Waals surface area (Å²) in [6, 6.07) is 1.75. The number of hydrogen-bond acceptors (Lipinski definition) is 4. The molecule has 1 aromatic rings. The van der Waals surface area contributed by atoms with Crippen molar-refractivity contribution in [1.29, 1.82) is 0 Å². The van der Waals surface area contributed by atoms with Crippen molar-refractivity contribution in [2.75, 3.05) is 0 Å². The van der Waals surface area contributed by atoms with Crippen molar-refractivity contribution < 1.29 is 4.79 Å². The van der Waals surface area contributed by atoms with Crippen LogP contribution in [0.4, 0.5) is 0 Å². The number of aromatic nitrogens is 2. The predicted octanol–water partition coefficient (Wildman–Crippen LogP) is 0.220. The summed E-state index contributed by atoms with van der Waals surface area (Å²) in [4.78, 5) is 19.4. The van der Waals surface area contributed by atoms with E-state index >= 15 is 0 Å². The summed E-state index contributed by atoms with van der Waals surface area (Å²) in [6.45, 7) is 3.97. The highest BCUT2D eigenvalue weighted by Crippen LogP contribution is 2.04. The maximum absolute atomic E-state index is 11.6. The minimum atomic E-state index is -0.812. The first kappa shape index (κ1) is 11.6. The summed E-state index contributed by atoms with van der Waals surface area (Å²) >= 11 is 0. The minimum absolute atomic E-state index is 0.163. The Morgan fingerprint density at radius 1 is 1.67 bits per heavy atom. The Balaban J connectivity index is 2.48. The van der Waals surface area contributed by atoms with E-state index in [9.17, 15) is 4.79 Å². The molecule has 0 radical (unpaired) electrons. The molecule has 1 atom stereocenters. The Bertz CT molecular complexity index is 323. The average molecular weight is 208 g/mol. The Morgan fingerprint density at radius 3 is 2.93 bits per heavy atom. The number of nitrogens with two attached hydrogens (primary N) is 1. The second-order valence-corrected chi connectivity index (χ2v) is 3.65. The molecule has 1 rings (SSSR count). The Morgan fingerprint density at radius 2 is 2.40 bits per heavy atom. The van der Waals surface area contributed by atoms with Crippen molar-refractivity contribution in [3.63, 3.8) is 0 Å². The lowest BCUT2D eigenvalue weighted by atomic mass is 10.00. The summed E-state index contributed by atoms with van der Waals surface area (Å²) in [7, 11) is 0. The second kappa shape index (κ2) is 4.84. The molecule has 0 fully saturated rings. The zero-order valence-corrected chi connectivity index (χ0v) is 9.03. The van der Waals surface area contributed by atoms with Crippen LogP contribution in [0.2, 0.25) is 0 Å². The zero-order valence-electron chi connectivity index (χ0n) is 9.03. The third-order valence-corrected chi connectivity index (χ3v) is 2.33. The van der Waals surface area contributed by atoms with Crippen LogP contribution in [-0.2, 0) is 11.3 Å². The zero-order chi connectivity index (χ0) is 11.3. The lowest BCUT2D eigenvalue weighted by Gasteiger charge is -2.21. The molecular formula is C10H16N4O. The van der Waals surface area contributed by atoms with Crippen molar-refractivity contribution >= 4 is 5.91 Å². The summed E-state index contributed by atoms with van der Waals surface area (Å²) in [5.41, 5.74) is 5.74. The van der Waals surface area contributed by atoms with Crippen molar-refractivity contribution in [3.8, 4) is 0 Å². The van der Waals surface area contributed by atoms with Crippen LogP contribution >= 0.6 is 0 Å². The summed E-state index contributed by atoms with van der Waals surface area (Å²) in [6.07, 6.45) is 3.68. The van der Waals surface area contributed by atoms with Crippen LogP contribution in [0.1, 0.15) is 26.0 Å². The highest BCUT2D eigenvalue weighted by molar-refractivity contribution is 5.85. The number of nitrogens with zero attached hydrogens (tertiary/aromatic N) is 2. The fourth-order valence-corrected chi connectivity index (χ4v) is 0.956. The van der Waals surface area contributed by atoms with E-state index in [4.69, 9.17) is 5.73 Å². The maximum atomic E-state index is 11.6. The molecule has 15 heavy (non-hydrogen) atoms. The van der Waals surface area contributed by atoms with Gasteiger partial charge in [0, 0.05) is 6.20 Å². The van der Waals surface area contributed by atoms with E-state index in [2.05, 4.69) is 15.3 Å². The molecule has 0 bridgehead atoms. The highest BCUT2D eigenvalue weighted by atomic mass is 16.2. The fraction of sp³-hybridized carbons (Fsp3) is 0.500. The van der Waals surface area contributed by atoms with Gasteiger partial charge >= 0.3 is 0 Å². The number of carbonyl (C=O) groups is 1. The smallest absolute Gasteiger partial charge is 0.240 e. The van der Waals surface area contributed by atoms with Crippen molar-refractivity contribution in [3.05, 3.63) is 24.3 Å². The van der Waals surface area contributed by atoms with E-state index in [1.807, 2.05) is 6.92 Å². The summed E-state index contributed by atoms with van der Waals surface area (Å²) in [5.74, 6) is -0.163. The van der Waals surface area contributed by atoms with E-state index in [1.54, 1.807) is 19.2 Å². The van der Waals surface area contributed by atoms with Crippen LogP contribution < -0.4 is 11.1 Å². The second-order valence-electron chi connectivity index (χ2n) is 3.65. The van der Waals surface area contributed by atoms with Gasteiger partial charge in [0.05, 0.1) is 17.8 Å². The van der Waals surface area contributed by atoms with Gasteiger partial charge in [0.15, 0.2) is 0 Å². The van der Waals surface area contributed by atoms with Crippen LogP contribution in [0.15, 0.2) is 18.6 Å². The van der Waals surface area contributed by atoms with Gasteiger partial charge in [-0.1, -0.05) is 6.92 Å². The van der Waals surface area contributed by atoms with E-state index in [0.29, 0.717) is 13.0 Å². The van der Waals surface area contributed by atoms with Crippen molar-refractivity contribution in [2.24, 2.45) is 5.73 Å². The van der Waals surface area contributed by atoms with Crippen LogP contribution in [0.25, 0.3) is 0 Å². The van der Waals surface area contributed by atoms with Crippen molar-refractivity contribution in [1.82, 2.24) is 15.3 Å². The van der Waals surface area contributed by atoms with Crippen LogP contribution in [0.5, 0.6) is 0 Å². The Hall–Kier alpha value is -1.49. The van der Waals surface area contributed by atoms with Crippen molar-refractivity contribution in [2.45, 2.75) is 32.4 Å². The van der Waals surface area contributed by atoms with Crippen LogP contribution in [0, 0.1) is 0 Å². The largest absolute Gasteiger partial charge is 0.349 e. The van der Waals surface area contributed by atoms with Gasteiger partial charge in [0.1, 0.15) is 6.33 Å². The monoisotopic (exact) mass is 208 g/mol. The van der Waals surface area contributed by atoms with E-state index in [1.165, 1.54) is 6.33 Å². The van der Waals surface area contributed by atoms with Gasteiger partial charge < -0.3 is 11.1 Å². The molecule has 0 aromatic carbocycles. The molecule has 0 aliphatic carbocycles. The molecule has 1 heterocycles. The minimum Gasteiger partial charge on any atom is -0.349 e. The fourth-order valence-electron chi connectivity index (χ4n) is 0.956. The number of amides is 1. The summed E-state index contributed by atoms with van der Waals surface area (Å²) in [5, 5.41) is 2.74. The molecule has 1 unspecified atom stereocenters. The number of hydrogen-bond donors (Lipinski definition) is 2. The lowest BCUT2D eigenvalue weighted by Crippen LogP contribution is -2.50. The average Bonchev–Trinajstić information content (AvgIpc) is 2.27. The highest BCUT2D eigenvalue weighted by Gasteiger charge is 2.25. The first-order valence-corrected chi connectivity index (χ1v) is 4.88. The predicted molar refractivity (Wildman–Crippen MR) is 56.8 cm³/mol. The molecule has 0 aliphatic heterocycles. The van der Waals surface area contributed by atoms with Gasteiger partial charge in [-0.05, 0) is 19.4 Å². The van der Waals surface area contributed by atoms with Crippen LogP contribution in [-0.4, -0.2) is 21.4 Å². The first-order chi connectivity index (χ1) is 7.06. The van der Waals surface area contributed by atoms with E-state index in [0.717, 1.165) is 5.69 Å². The lowest BCUT2D eigenvalue weighted by molar-refractivity contribution is -0.126. The number of carbonyl (C=O) groups excluding carboxylic acids is 1. The van der Waals surface area contributed by atoms with Crippen LogP contribution in [0.3, 0.4) is 0 Å². The van der Waals surface area contributed by atoms with E-state index < -0.39 is 5.54 Å². The van der Waals surface area contributed by atoms with Gasteiger partial charge in [-0.25, -0.2) is 9.97 Å². The van der Waals surface area contributed by atoms with Gasteiger partial charge in [0.2, 0.25) is 5.91 Å². The molecule has 1 amide bonds. The van der Waals surface area contributed by atoms with Gasteiger partial charge in [0.25, 0.3) is 0 Å². The molecule has 0 spiro atoms. The standard InChI is InChI=1S/C10H16N4O/c1-3-10(2,11)9(15)13-6-8-4-5-12-7-14-8/h4-5,7H,3,6,11H2,1-2H3,(H,13,15). The Kier molecular flexibility index (Phi) is 3.74. The maximum Gasteiger partial charge on any atom is 0.240 e. The molecular weight excluding hydrogens is 192 g/mol. The quantitative estimate of drug-likeness (QED) is 0.741. The molecule has 5 nitrogen and oxygen atoms in total. The van der Waals surface area contributed by atoms with Gasteiger partial charge in [-0.15, -0.1) is 0 Å². The third-order valence-electron chi connectivity index (χ3n) is 2.33. The topological polar surface area (TPSA) is 80.9 Å². The number of rotatable bonds is 4. The number of nitrogens with one attached hydrogen (secondary N) is 1. The molecule has 0 saturated heterocycles. The SMILES string of the molecule is CCC(C)(N)C(=O)NCc1ccncn1.